The Morgan fingerprint density at radius 3 is 2.54 bits per heavy atom. The lowest BCUT2D eigenvalue weighted by Gasteiger charge is -2.18. The maximum Gasteiger partial charge on any atom is 0.327 e. The van der Waals surface area contributed by atoms with E-state index in [1.54, 1.807) is 13.0 Å². The highest BCUT2D eigenvalue weighted by Crippen LogP contribution is 2.23. The molecule has 0 aromatic heterocycles. The van der Waals surface area contributed by atoms with Crippen molar-refractivity contribution >= 4 is 17.6 Å². The van der Waals surface area contributed by atoms with Gasteiger partial charge in [-0.3, -0.25) is 10.1 Å². The van der Waals surface area contributed by atoms with Crippen molar-refractivity contribution in [2.24, 2.45) is 0 Å². The van der Waals surface area contributed by atoms with Crippen molar-refractivity contribution in [1.82, 2.24) is 5.32 Å². The molecular formula is C21H25FN2O4. The molecule has 0 radical (unpaired) electrons. The van der Waals surface area contributed by atoms with Crippen molar-refractivity contribution < 1.29 is 23.5 Å². The number of rotatable bonds is 8. The molecule has 0 bridgehead atoms. The predicted molar refractivity (Wildman–Crippen MR) is 105 cm³/mol. The fourth-order valence-electron chi connectivity index (χ4n) is 2.68. The fourth-order valence-corrected chi connectivity index (χ4v) is 2.68. The van der Waals surface area contributed by atoms with Gasteiger partial charge in [0.25, 0.3) is 0 Å². The van der Waals surface area contributed by atoms with Crippen molar-refractivity contribution in [2.45, 2.75) is 26.8 Å². The molecule has 0 saturated heterocycles. The van der Waals surface area contributed by atoms with Crippen LogP contribution in [0.2, 0.25) is 0 Å². The molecule has 0 unspecified atom stereocenters. The second kappa shape index (κ2) is 9.85. The zero-order chi connectivity index (χ0) is 20.7. The van der Waals surface area contributed by atoms with Crippen LogP contribution in [0.5, 0.6) is 5.75 Å². The summed E-state index contributed by atoms with van der Waals surface area (Å²) in [5, 5.41) is 5.66. The number of carbonyl (C=O) groups excluding carboxylic acids is 2. The summed E-state index contributed by atoms with van der Waals surface area (Å²) < 4.78 is 24.0. The van der Waals surface area contributed by atoms with Gasteiger partial charge in [0.05, 0.1) is 20.3 Å². The number of nitrogens with one attached hydrogen (secondary N) is 2. The van der Waals surface area contributed by atoms with E-state index in [4.69, 9.17) is 9.47 Å². The molecule has 0 aliphatic heterocycles. The Labute approximate surface area is 164 Å². The van der Waals surface area contributed by atoms with Gasteiger partial charge >= 0.3 is 5.97 Å². The molecule has 28 heavy (non-hydrogen) atoms. The first-order valence-electron chi connectivity index (χ1n) is 8.96. The van der Waals surface area contributed by atoms with E-state index >= 15 is 0 Å². The maximum atomic E-state index is 14.0. The van der Waals surface area contributed by atoms with Crippen LogP contribution < -0.4 is 15.4 Å². The molecule has 0 saturated carbocycles. The third-order valence-electron chi connectivity index (χ3n) is 4.17. The number of hydrogen-bond donors (Lipinski definition) is 2. The quantitative estimate of drug-likeness (QED) is 0.679. The van der Waals surface area contributed by atoms with Gasteiger partial charge in [0.2, 0.25) is 5.91 Å². The van der Waals surface area contributed by atoms with E-state index < -0.39 is 17.8 Å². The highest BCUT2D eigenvalue weighted by Gasteiger charge is 2.24. The zero-order valence-corrected chi connectivity index (χ0v) is 16.5. The number of amides is 1. The number of halogens is 1. The van der Waals surface area contributed by atoms with Gasteiger partial charge in [-0.1, -0.05) is 18.2 Å². The van der Waals surface area contributed by atoms with Gasteiger partial charge in [0, 0.05) is 5.69 Å². The van der Waals surface area contributed by atoms with Crippen LogP contribution in [-0.4, -0.2) is 32.1 Å². The Morgan fingerprint density at radius 2 is 1.89 bits per heavy atom. The lowest BCUT2D eigenvalue weighted by Crippen LogP contribution is -2.36. The highest BCUT2D eigenvalue weighted by molar-refractivity contribution is 5.93. The smallest absolute Gasteiger partial charge is 0.327 e. The molecule has 0 aliphatic rings. The summed E-state index contributed by atoms with van der Waals surface area (Å²) in [6.45, 7) is 5.53. The van der Waals surface area contributed by atoms with Crippen LogP contribution in [0.1, 0.15) is 29.7 Å². The molecule has 0 aliphatic carbocycles. The van der Waals surface area contributed by atoms with Gasteiger partial charge in [-0.15, -0.1) is 0 Å². The van der Waals surface area contributed by atoms with Gasteiger partial charge in [-0.05, 0) is 55.7 Å². The second-order valence-corrected chi connectivity index (χ2v) is 6.33. The van der Waals surface area contributed by atoms with Crippen LogP contribution in [0.25, 0.3) is 0 Å². The molecule has 150 valence electrons. The third kappa shape index (κ3) is 5.53. The minimum Gasteiger partial charge on any atom is -0.494 e. The summed E-state index contributed by atoms with van der Waals surface area (Å²) in [6, 6.07) is 8.93. The summed E-state index contributed by atoms with van der Waals surface area (Å²) in [6.07, 6.45) is 0. The fraction of sp³-hybridized carbons (Fsp3) is 0.333. The average Bonchev–Trinajstić information content (AvgIpc) is 2.65. The topological polar surface area (TPSA) is 76.7 Å². The lowest BCUT2D eigenvalue weighted by molar-refractivity contribution is -0.145. The predicted octanol–water partition coefficient (Wildman–Crippen LogP) is 3.28. The molecule has 7 heteroatoms. The summed E-state index contributed by atoms with van der Waals surface area (Å²) in [7, 11) is 1.36. The summed E-state index contributed by atoms with van der Waals surface area (Å²) in [5.41, 5.74) is 3.00. The molecule has 0 heterocycles. The number of hydrogen-bond acceptors (Lipinski definition) is 5. The summed E-state index contributed by atoms with van der Waals surface area (Å²) >= 11 is 0. The van der Waals surface area contributed by atoms with E-state index in [1.165, 1.54) is 19.2 Å². The summed E-state index contributed by atoms with van der Waals surface area (Å²) in [5.74, 6) is -1.45. The van der Waals surface area contributed by atoms with Crippen LogP contribution in [0, 0.1) is 19.7 Å². The molecule has 1 atom stereocenters. The molecule has 0 fully saturated rings. The van der Waals surface area contributed by atoms with Crippen molar-refractivity contribution in [3.05, 3.63) is 58.9 Å². The van der Waals surface area contributed by atoms with Gasteiger partial charge in [-0.2, -0.15) is 0 Å². The molecule has 1 amide bonds. The maximum absolute atomic E-state index is 14.0. The number of methoxy groups -OCH3 is 1. The van der Waals surface area contributed by atoms with Gasteiger partial charge in [-0.25, -0.2) is 9.18 Å². The molecule has 2 aromatic rings. The van der Waals surface area contributed by atoms with Crippen LogP contribution in [0.4, 0.5) is 10.1 Å². The van der Waals surface area contributed by atoms with Crippen LogP contribution >= 0.6 is 0 Å². The largest absolute Gasteiger partial charge is 0.494 e. The van der Waals surface area contributed by atoms with Crippen LogP contribution in [-0.2, 0) is 14.3 Å². The molecule has 6 nitrogen and oxygen atoms in total. The van der Waals surface area contributed by atoms with Gasteiger partial charge < -0.3 is 14.8 Å². The Bertz CT molecular complexity index is 854. The van der Waals surface area contributed by atoms with Crippen LogP contribution in [0.3, 0.4) is 0 Å². The van der Waals surface area contributed by atoms with E-state index in [9.17, 15) is 14.0 Å². The van der Waals surface area contributed by atoms with E-state index in [0.717, 1.165) is 11.1 Å². The Kier molecular flexibility index (Phi) is 7.52. The Balaban J connectivity index is 2.12. The van der Waals surface area contributed by atoms with Crippen molar-refractivity contribution in [2.75, 3.05) is 25.6 Å². The molecular weight excluding hydrogens is 363 g/mol. The number of ether oxygens (including phenoxy) is 2. The number of benzene rings is 2. The Morgan fingerprint density at radius 1 is 1.14 bits per heavy atom. The number of aryl methyl sites for hydroxylation is 2. The molecule has 0 spiro atoms. The van der Waals surface area contributed by atoms with E-state index in [1.807, 2.05) is 32.0 Å². The van der Waals surface area contributed by atoms with E-state index in [2.05, 4.69) is 10.6 Å². The standard InChI is InChI=1S/C21H25FN2O4/c1-5-28-21(26)20(15-8-9-18(27-4)16(22)11-15)23-12-19(25)24-17-10-13(2)6-7-14(17)3/h6-11,20,23H,5,12H2,1-4H3,(H,24,25)/t20-/m0/s1. The van der Waals surface area contributed by atoms with Crippen molar-refractivity contribution in [3.8, 4) is 5.75 Å². The van der Waals surface area contributed by atoms with Crippen molar-refractivity contribution in [3.63, 3.8) is 0 Å². The molecule has 2 N–H and O–H groups in total. The van der Waals surface area contributed by atoms with Gasteiger partial charge in [0.15, 0.2) is 11.6 Å². The number of carbonyl (C=O) groups is 2. The van der Waals surface area contributed by atoms with Crippen molar-refractivity contribution in [1.29, 1.82) is 0 Å². The minimum atomic E-state index is -0.982. The monoisotopic (exact) mass is 388 g/mol. The third-order valence-corrected chi connectivity index (χ3v) is 4.17. The Hall–Kier alpha value is -2.93. The SMILES string of the molecule is CCOC(=O)[C@@H](NCC(=O)Nc1cc(C)ccc1C)c1ccc(OC)c(F)c1. The lowest BCUT2D eigenvalue weighted by atomic mass is 10.1. The summed E-state index contributed by atoms with van der Waals surface area (Å²) in [4.78, 5) is 24.6. The molecule has 2 rings (SSSR count). The first-order valence-corrected chi connectivity index (χ1v) is 8.96. The van der Waals surface area contributed by atoms with E-state index in [-0.39, 0.29) is 24.8 Å². The number of anilines is 1. The molecule has 2 aromatic carbocycles. The normalized spacial score (nSPS) is 11.6. The average molecular weight is 388 g/mol. The zero-order valence-electron chi connectivity index (χ0n) is 16.5. The number of esters is 1. The second-order valence-electron chi connectivity index (χ2n) is 6.33. The first kappa shape index (κ1) is 21.4. The highest BCUT2D eigenvalue weighted by atomic mass is 19.1. The first-order chi connectivity index (χ1) is 13.3. The van der Waals surface area contributed by atoms with Crippen LogP contribution in [0.15, 0.2) is 36.4 Å². The van der Waals surface area contributed by atoms with Gasteiger partial charge in [0.1, 0.15) is 6.04 Å². The minimum absolute atomic E-state index is 0.0685. The van der Waals surface area contributed by atoms with E-state index in [0.29, 0.717) is 11.3 Å².